The van der Waals surface area contributed by atoms with E-state index in [0.29, 0.717) is 5.69 Å². The second-order valence-corrected chi connectivity index (χ2v) is 8.16. The summed E-state index contributed by atoms with van der Waals surface area (Å²) < 4.78 is 7.37. The highest BCUT2D eigenvalue weighted by Crippen LogP contribution is 2.26. The normalized spacial score (nSPS) is 14.5. The van der Waals surface area contributed by atoms with Crippen LogP contribution in [0.1, 0.15) is 22.5 Å². The molecule has 34 heavy (non-hydrogen) atoms. The summed E-state index contributed by atoms with van der Waals surface area (Å²) in [6, 6.07) is 16.3. The van der Waals surface area contributed by atoms with E-state index in [2.05, 4.69) is 10.6 Å². The van der Waals surface area contributed by atoms with Crippen molar-refractivity contribution in [3.8, 4) is 11.4 Å². The molecule has 8 heteroatoms. The first-order chi connectivity index (χ1) is 16.3. The SMILES string of the molecule is COc1cccc(-n2c(C)cc(/C=C3\NC(=O)N(CC(=O)Nc4cccc(C)c4)C3=O)c2C)c1. The van der Waals surface area contributed by atoms with Crippen molar-refractivity contribution in [1.29, 1.82) is 0 Å². The number of nitrogens with zero attached hydrogens (tertiary/aromatic N) is 2. The lowest BCUT2D eigenvalue weighted by molar-refractivity contribution is -0.127. The number of benzene rings is 2. The number of rotatable bonds is 6. The summed E-state index contributed by atoms with van der Waals surface area (Å²) in [5.41, 5.74) is 5.30. The molecule has 1 aromatic heterocycles. The zero-order valence-electron chi connectivity index (χ0n) is 19.5. The number of methoxy groups -OCH3 is 1. The Labute approximate surface area is 197 Å². The highest BCUT2D eigenvalue weighted by molar-refractivity contribution is 6.16. The second kappa shape index (κ2) is 9.27. The molecule has 1 fully saturated rings. The van der Waals surface area contributed by atoms with Crippen molar-refractivity contribution in [1.82, 2.24) is 14.8 Å². The van der Waals surface area contributed by atoms with Crippen LogP contribution in [0.25, 0.3) is 11.8 Å². The summed E-state index contributed by atoms with van der Waals surface area (Å²) in [5.74, 6) is -0.259. The van der Waals surface area contributed by atoms with E-state index in [1.807, 2.05) is 73.9 Å². The minimum atomic E-state index is -0.628. The van der Waals surface area contributed by atoms with Crippen molar-refractivity contribution < 1.29 is 19.1 Å². The van der Waals surface area contributed by atoms with Crippen LogP contribution in [0.2, 0.25) is 0 Å². The second-order valence-electron chi connectivity index (χ2n) is 8.16. The van der Waals surface area contributed by atoms with Crippen LogP contribution in [0.5, 0.6) is 5.75 Å². The Bertz CT molecular complexity index is 1320. The molecule has 0 saturated carbocycles. The topological polar surface area (TPSA) is 92.7 Å². The zero-order valence-corrected chi connectivity index (χ0v) is 19.5. The van der Waals surface area contributed by atoms with Gasteiger partial charge in [0.1, 0.15) is 18.0 Å². The molecule has 4 rings (SSSR count). The molecule has 1 saturated heterocycles. The minimum Gasteiger partial charge on any atom is -0.497 e. The number of urea groups is 1. The van der Waals surface area contributed by atoms with Gasteiger partial charge in [-0.15, -0.1) is 0 Å². The maximum atomic E-state index is 12.9. The minimum absolute atomic E-state index is 0.124. The summed E-state index contributed by atoms with van der Waals surface area (Å²) in [7, 11) is 1.62. The van der Waals surface area contributed by atoms with Crippen LogP contribution in [-0.2, 0) is 9.59 Å². The Morgan fingerprint density at radius 1 is 1.06 bits per heavy atom. The van der Waals surface area contributed by atoms with Crippen molar-refractivity contribution in [2.24, 2.45) is 0 Å². The average molecular weight is 459 g/mol. The number of ether oxygens (including phenoxy) is 1. The van der Waals surface area contributed by atoms with E-state index in [1.54, 1.807) is 19.3 Å². The molecule has 174 valence electrons. The van der Waals surface area contributed by atoms with Crippen LogP contribution in [0.15, 0.2) is 60.3 Å². The summed E-state index contributed by atoms with van der Waals surface area (Å²) >= 11 is 0. The number of aryl methyl sites for hydroxylation is 2. The fourth-order valence-electron chi connectivity index (χ4n) is 4.02. The quantitative estimate of drug-likeness (QED) is 0.432. The number of hydrogen-bond donors (Lipinski definition) is 2. The van der Waals surface area contributed by atoms with Crippen LogP contribution in [-0.4, -0.2) is 41.0 Å². The summed E-state index contributed by atoms with van der Waals surface area (Å²) in [6.45, 7) is 5.44. The van der Waals surface area contributed by atoms with Gasteiger partial charge in [-0.3, -0.25) is 9.59 Å². The molecule has 1 aliphatic heterocycles. The molecule has 0 aliphatic carbocycles. The van der Waals surface area contributed by atoms with E-state index in [-0.39, 0.29) is 12.2 Å². The van der Waals surface area contributed by atoms with Gasteiger partial charge in [-0.05, 0) is 68.3 Å². The molecule has 0 radical (unpaired) electrons. The van der Waals surface area contributed by atoms with Gasteiger partial charge in [-0.25, -0.2) is 9.69 Å². The van der Waals surface area contributed by atoms with Gasteiger partial charge >= 0.3 is 6.03 Å². The van der Waals surface area contributed by atoms with E-state index in [1.165, 1.54) is 0 Å². The molecule has 0 atom stereocenters. The van der Waals surface area contributed by atoms with Crippen molar-refractivity contribution in [3.63, 3.8) is 0 Å². The third kappa shape index (κ3) is 4.56. The molecule has 3 aromatic rings. The molecule has 2 heterocycles. The van der Waals surface area contributed by atoms with E-state index in [0.717, 1.165) is 38.9 Å². The maximum absolute atomic E-state index is 12.9. The number of anilines is 1. The zero-order chi connectivity index (χ0) is 24.4. The van der Waals surface area contributed by atoms with Gasteiger partial charge in [-0.1, -0.05) is 18.2 Å². The lowest BCUT2D eigenvalue weighted by Gasteiger charge is -2.12. The summed E-state index contributed by atoms with van der Waals surface area (Å²) in [4.78, 5) is 38.7. The van der Waals surface area contributed by atoms with Crippen LogP contribution in [0, 0.1) is 20.8 Å². The third-order valence-electron chi connectivity index (χ3n) is 5.65. The standard InChI is InChI=1S/C26H26N4O4/c1-16-7-5-8-20(11-16)27-24(31)15-29-25(32)23(28-26(29)33)13-19-12-17(2)30(18(19)3)21-9-6-10-22(14-21)34-4/h5-14H,15H2,1-4H3,(H,27,31)(H,28,33)/b23-13-. The van der Waals surface area contributed by atoms with Gasteiger partial charge in [0.15, 0.2) is 0 Å². The summed E-state index contributed by atoms with van der Waals surface area (Å²) in [5, 5.41) is 5.30. The van der Waals surface area contributed by atoms with E-state index in [9.17, 15) is 14.4 Å². The number of carbonyl (C=O) groups is 3. The molecular formula is C26H26N4O4. The predicted octanol–water partition coefficient (Wildman–Crippen LogP) is 3.94. The number of carbonyl (C=O) groups excluding carboxylic acids is 3. The van der Waals surface area contributed by atoms with Crippen LogP contribution >= 0.6 is 0 Å². The molecule has 2 aromatic carbocycles. The van der Waals surface area contributed by atoms with Gasteiger partial charge in [-0.2, -0.15) is 0 Å². The van der Waals surface area contributed by atoms with Crippen molar-refractivity contribution >= 4 is 29.6 Å². The maximum Gasteiger partial charge on any atom is 0.329 e. The Morgan fingerprint density at radius 2 is 1.82 bits per heavy atom. The lowest BCUT2D eigenvalue weighted by Crippen LogP contribution is -2.38. The summed E-state index contributed by atoms with van der Waals surface area (Å²) in [6.07, 6.45) is 1.64. The number of aromatic nitrogens is 1. The first-order valence-electron chi connectivity index (χ1n) is 10.8. The Balaban J connectivity index is 1.53. The monoisotopic (exact) mass is 458 g/mol. The lowest BCUT2D eigenvalue weighted by atomic mass is 10.2. The van der Waals surface area contributed by atoms with E-state index >= 15 is 0 Å². The third-order valence-corrected chi connectivity index (χ3v) is 5.65. The van der Waals surface area contributed by atoms with E-state index < -0.39 is 17.8 Å². The smallest absolute Gasteiger partial charge is 0.329 e. The van der Waals surface area contributed by atoms with Gasteiger partial charge in [0, 0.05) is 28.8 Å². The number of amides is 4. The fraction of sp³-hybridized carbons (Fsp3) is 0.192. The molecule has 4 amide bonds. The largest absolute Gasteiger partial charge is 0.497 e. The molecule has 0 bridgehead atoms. The van der Waals surface area contributed by atoms with Gasteiger partial charge in [0.25, 0.3) is 5.91 Å². The number of imide groups is 1. The number of hydrogen-bond acceptors (Lipinski definition) is 4. The van der Waals surface area contributed by atoms with Gasteiger partial charge in [0.2, 0.25) is 5.91 Å². The Morgan fingerprint density at radius 3 is 2.56 bits per heavy atom. The van der Waals surface area contributed by atoms with Crippen LogP contribution < -0.4 is 15.4 Å². The van der Waals surface area contributed by atoms with Crippen molar-refractivity contribution in [2.75, 3.05) is 19.0 Å². The first-order valence-corrected chi connectivity index (χ1v) is 10.8. The molecule has 8 nitrogen and oxygen atoms in total. The Hall–Kier alpha value is -4.33. The average Bonchev–Trinajstić information content (AvgIpc) is 3.22. The number of nitrogens with one attached hydrogen (secondary N) is 2. The molecule has 1 aliphatic rings. The highest BCUT2D eigenvalue weighted by atomic mass is 16.5. The predicted molar refractivity (Wildman–Crippen MR) is 130 cm³/mol. The Kier molecular flexibility index (Phi) is 6.23. The first kappa shape index (κ1) is 22.8. The van der Waals surface area contributed by atoms with Gasteiger partial charge < -0.3 is 19.9 Å². The van der Waals surface area contributed by atoms with Crippen molar-refractivity contribution in [2.45, 2.75) is 20.8 Å². The highest BCUT2D eigenvalue weighted by Gasteiger charge is 2.35. The van der Waals surface area contributed by atoms with Gasteiger partial charge in [0.05, 0.1) is 7.11 Å². The molecule has 0 spiro atoms. The molecule has 2 N–H and O–H groups in total. The van der Waals surface area contributed by atoms with Crippen molar-refractivity contribution in [3.05, 3.63) is 82.8 Å². The fourth-order valence-corrected chi connectivity index (χ4v) is 4.02. The molecule has 0 unspecified atom stereocenters. The van der Waals surface area contributed by atoms with Crippen LogP contribution in [0.4, 0.5) is 10.5 Å². The van der Waals surface area contributed by atoms with Crippen LogP contribution in [0.3, 0.4) is 0 Å². The molecular weight excluding hydrogens is 432 g/mol. The van der Waals surface area contributed by atoms with E-state index in [4.69, 9.17) is 4.74 Å².